The maximum Gasteiger partial charge on any atom is 0.277 e. The van der Waals surface area contributed by atoms with E-state index in [9.17, 15) is 0 Å². The Morgan fingerprint density at radius 3 is 2.74 bits per heavy atom. The Balaban J connectivity index is 1.73. The molecular formula is C16H17N3O3S. The Morgan fingerprint density at radius 2 is 2.04 bits per heavy atom. The molecule has 0 radical (unpaired) electrons. The van der Waals surface area contributed by atoms with Crippen molar-refractivity contribution in [2.75, 3.05) is 14.2 Å². The molecular weight excluding hydrogens is 314 g/mol. The summed E-state index contributed by atoms with van der Waals surface area (Å²) in [4.78, 5) is 0. The number of aromatic nitrogens is 2. The Labute approximate surface area is 138 Å². The highest BCUT2D eigenvalue weighted by molar-refractivity contribution is 7.99. The van der Waals surface area contributed by atoms with Crippen LogP contribution in [0.3, 0.4) is 0 Å². The van der Waals surface area contributed by atoms with Gasteiger partial charge < -0.3 is 13.9 Å². The first-order chi connectivity index (χ1) is 11.2. The molecule has 0 unspecified atom stereocenters. The third-order valence-corrected chi connectivity index (χ3v) is 5.00. The van der Waals surface area contributed by atoms with Gasteiger partial charge in [-0.15, -0.1) is 10.2 Å². The lowest BCUT2D eigenvalue weighted by molar-refractivity contribution is 0.355. The van der Waals surface area contributed by atoms with Crippen molar-refractivity contribution in [2.24, 2.45) is 5.92 Å². The van der Waals surface area contributed by atoms with E-state index in [1.165, 1.54) is 0 Å². The van der Waals surface area contributed by atoms with Crippen molar-refractivity contribution >= 4 is 11.8 Å². The lowest BCUT2D eigenvalue weighted by Crippen LogP contribution is -1.95. The van der Waals surface area contributed by atoms with Crippen molar-refractivity contribution in [3.05, 3.63) is 18.2 Å². The molecule has 1 aromatic heterocycles. The second-order valence-electron chi connectivity index (χ2n) is 5.32. The van der Waals surface area contributed by atoms with Crippen molar-refractivity contribution in [1.82, 2.24) is 10.2 Å². The van der Waals surface area contributed by atoms with Gasteiger partial charge in [-0.1, -0.05) is 11.8 Å². The largest absolute Gasteiger partial charge is 0.493 e. The molecule has 1 fully saturated rings. The minimum atomic E-state index is 0.153. The van der Waals surface area contributed by atoms with Crippen molar-refractivity contribution in [1.29, 1.82) is 5.26 Å². The van der Waals surface area contributed by atoms with Gasteiger partial charge in [-0.3, -0.25) is 0 Å². The number of nitriles is 1. The summed E-state index contributed by atoms with van der Waals surface area (Å²) in [5.74, 6) is 1.87. The van der Waals surface area contributed by atoms with Gasteiger partial charge in [0.1, 0.15) is 0 Å². The number of hydrogen-bond acceptors (Lipinski definition) is 7. The SMILES string of the molecule is COc1ccc(-c2nnc(S[C@H]3CC[C@H](C#N)C3)o2)cc1OC. The summed E-state index contributed by atoms with van der Waals surface area (Å²) in [5, 5.41) is 18.1. The molecule has 1 aliphatic rings. The summed E-state index contributed by atoms with van der Waals surface area (Å²) in [6.45, 7) is 0. The fourth-order valence-corrected chi connectivity index (χ4v) is 3.73. The molecule has 7 heteroatoms. The predicted molar refractivity (Wildman–Crippen MR) is 85.4 cm³/mol. The molecule has 0 aliphatic heterocycles. The van der Waals surface area contributed by atoms with E-state index in [1.807, 2.05) is 12.1 Å². The second-order valence-corrected chi connectivity index (χ2v) is 6.57. The van der Waals surface area contributed by atoms with Crippen LogP contribution in [0.4, 0.5) is 0 Å². The quantitative estimate of drug-likeness (QED) is 0.828. The van der Waals surface area contributed by atoms with E-state index in [1.54, 1.807) is 32.0 Å². The number of thioether (sulfide) groups is 1. The van der Waals surface area contributed by atoms with Crippen LogP contribution in [0.2, 0.25) is 0 Å². The highest BCUT2D eigenvalue weighted by Gasteiger charge is 2.27. The average molecular weight is 331 g/mol. The molecule has 0 N–H and O–H groups in total. The first-order valence-electron chi connectivity index (χ1n) is 7.35. The van der Waals surface area contributed by atoms with E-state index < -0.39 is 0 Å². The molecule has 3 rings (SSSR count). The molecule has 1 aromatic carbocycles. The number of methoxy groups -OCH3 is 2. The van der Waals surface area contributed by atoms with E-state index in [0.717, 1.165) is 24.8 Å². The van der Waals surface area contributed by atoms with E-state index in [-0.39, 0.29) is 5.92 Å². The Morgan fingerprint density at radius 1 is 1.22 bits per heavy atom. The van der Waals surface area contributed by atoms with Gasteiger partial charge >= 0.3 is 0 Å². The Hall–Kier alpha value is -2.20. The maximum absolute atomic E-state index is 8.96. The monoisotopic (exact) mass is 331 g/mol. The van der Waals surface area contributed by atoms with Crippen LogP contribution < -0.4 is 9.47 Å². The minimum Gasteiger partial charge on any atom is -0.493 e. The van der Waals surface area contributed by atoms with Gasteiger partial charge in [0.25, 0.3) is 5.22 Å². The first kappa shape index (κ1) is 15.7. The summed E-state index contributed by atoms with van der Waals surface area (Å²) >= 11 is 1.56. The molecule has 0 amide bonds. The smallest absolute Gasteiger partial charge is 0.277 e. The van der Waals surface area contributed by atoms with Gasteiger partial charge in [0.15, 0.2) is 11.5 Å². The van der Waals surface area contributed by atoms with Crippen LogP contribution in [0.25, 0.3) is 11.5 Å². The van der Waals surface area contributed by atoms with Crippen molar-refractivity contribution in [3.8, 4) is 29.0 Å². The van der Waals surface area contributed by atoms with E-state index in [2.05, 4.69) is 16.3 Å². The van der Waals surface area contributed by atoms with Gasteiger partial charge in [-0.25, -0.2) is 0 Å². The van der Waals surface area contributed by atoms with Crippen LogP contribution in [0.1, 0.15) is 19.3 Å². The van der Waals surface area contributed by atoms with Gasteiger partial charge in [0.2, 0.25) is 5.89 Å². The molecule has 6 nitrogen and oxygen atoms in total. The lowest BCUT2D eigenvalue weighted by atomic mass is 10.1. The van der Waals surface area contributed by atoms with Crippen LogP contribution in [-0.2, 0) is 0 Å². The third-order valence-electron chi connectivity index (χ3n) is 3.87. The van der Waals surface area contributed by atoms with Crippen molar-refractivity contribution in [2.45, 2.75) is 29.7 Å². The van der Waals surface area contributed by atoms with Crippen LogP contribution >= 0.6 is 11.8 Å². The van der Waals surface area contributed by atoms with Gasteiger partial charge in [0, 0.05) is 16.7 Å². The predicted octanol–water partition coefficient (Wildman–Crippen LogP) is 3.54. The molecule has 1 heterocycles. The van der Waals surface area contributed by atoms with Crippen molar-refractivity contribution in [3.63, 3.8) is 0 Å². The van der Waals surface area contributed by atoms with E-state index in [4.69, 9.17) is 19.2 Å². The summed E-state index contributed by atoms with van der Waals surface area (Å²) in [7, 11) is 3.18. The molecule has 0 bridgehead atoms. The standard InChI is InChI=1S/C16H17N3O3S/c1-20-13-6-4-11(8-14(13)21-2)15-18-19-16(22-15)23-12-5-3-10(7-12)9-17/h4,6,8,10,12H,3,5,7H2,1-2H3/t10-,12-/m0/s1. The van der Waals surface area contributed by atoms with Crippen LogP contribution in [0.5, 0.6) is 11.5 Å². The Bertz CT molecular complexity index is 726. The summed E-state index contributed by atoms with van der Waals surface area (Å²) in [5.41, 5.74) is 0.781. The zero-order chi connectivity index (χ0) is 16.2. The first-order valence-corrected chi connectivity index (χ1v) is 8.23. The molecule has 120 valence electrons. The zero-order valence-corrected chi connectivity index (χ0v) is 13.8. The van der Waals surface area contributed by atoms with Crippen LogP contribution in [-0.4, -0.2) is 29.7 Å². The number of nitrogens with zero attached hydrogens (tertiary/aromatic N) is 3. The Kier molecular flexibility index (Phi) is 4.72. The van der Waals surface area contributed by atoms with Crippen LogP contribution in [0.15, 0.2) is 27.8 Å². The summed E-state index contributed by atoms with van der Waals surface area (Å²) in [6, 6.07) is 7.79. The molecule has 2 aromatic rings. The molecule has 1 aliphatic carbocycles. The normalized spacial score (nSPS) is 20.2. The highest BCUT2D eigenvalue weighted by atomic mass is 32.2. The summed E-state index contributed by atoms with van der Waals surface area (Å²) < 4.78 is 16.2. The number of ether oxygens (including phenoxy) is 2. The lowest BCUT2D eigenvalue weighted by Gasteiger charge is -2.07. The van der Waals surface area contributed by atoms with Gasteiger partial charge in [-0.05, 0) is 37.5 Å². The second kappa shape index (κ2) is 6.92. The van der Waals surface area contributed by atoms with E-state index in [0.29, 0.717) is 27.9 Å². The highest BCUT2D eigenvalue weighted by Crippen LogP contribution is 2.38. The van der Waals surface area contributed by atoms with Crippen molar-refractivity contribution < 1.29 is 13.9 Å². The summed E-state index contributed by atoms with van der Waals surface area (Å²) in [6.07, 6.45) is 2.84. The topological polar surface area (TPSA) is 81.2 Å². The molecule has 0 spiro atoms. The number of rotatable bonds is 5. The number of benzene rings is 1. The average Bonchev–Trinajstić information content (AvgIpc) is 3.24. The fraction of sp³-hybridized carbons (Fsp3) is 0.438. The van der Waals surface area contributed by atoms with Gasteiger partial charge in [-0.2, -0.15) is 5.26 Å². The minimum absolute atomic E-state index is 0.153. The fourth-order valence-electron chi connectivity index (χ4n) is 2.65. The number of hydrogen-bond donors (Lipinski definition) is 0. The molecule has 23 heavy (non-hydrogen) atoms. The molecule has 0 saturated heterocycles. The van der Waals surface area contributed by atoms with Gasteiger partial charge in [0.05, 0.1) is 20.3 Å². The molecule has 1 saturated carbocycles. The molecule has 2 atom stereocenters. The maximum atomic E-state index is 8.96. The van der Waals surface area contributed by atoms with E-state index >= 15 is 0 Å². The zero-order valence-electron chi connectivity index (χ0n) is 13.0. The third kappa shape index (κ3) is 3.42. The van der Waals surface area contributed by atoms with Crippen LogP contribution in [0, 0.1) is 17.2 Å².